The summed E-state index contributed by atoms with van der Waals surface area (Å²) in [5.41, 5.74) is -2.52. The number of anilines is 1. The van der Waals surface area contributed by atoms with Crippen molar-refractivity contribution in [3.63, 3.8) is 0 Å². The van der Waals surface area contributed by atoms with Gasteiger partial charge in [0.05, 0.1) is 22.7 Å². The zero-order valence-corrected chi connectivity index (χ0v) is 23.3. The van der Waals surface area contributed by atoms with Gasteiger partial charge in [-0.3, -0.25) is 9.48 Å². The van der Waals surface area contributed by atoms with E-state index >= 15 is 0 Å². The van der Waals surface area contributed by atoms with E-state index < -0.39 is 35.7 Å². The molecular weight excluding hydrogens is 570 g/mol. The number of hydrogen-bond acceptors (Lipinski definition) is 6. The highest BCUT2D eigenvalue weighted by atomic mass is 35.5. The molecule has 0 spiro atoms. The lowest BCUT2D eigenvalue weighted by Crippen LogP contribution is -2.47. The molecule has 5 rings (SSSR count). The summed E-state index contributed by atoms with van der Waals surface area (Å²) >= 11 is 5.84. The first-order valence-electron chi connectivity index (χ1n) is 13.0. The normalized spacial score (nSPS) is 25.7. The van der Waals surface area contributed by atoms with Crippen LogP contribution in [-0.2, 0) is 19.7 Å². The number of aliphatic hydroxyl groups is 2. The number of aromatic nitrogens is 4. The fourth-order valence-electron chi connectivity index (χ4n) is 6.13. The summed E-state index contributed by atoms with van der Waals surface area (Å²) in [6.07, 6.45) is -1.14. The first-order chi connectivity index (χ1) is 19.1. The monoisotopic (exact) mass is 599 g/mol. The number of carbonyl (C=O) groups excluding carboxylic acids is 1. The Bertz CT molecular complexity index is 1460. The summed E-state index contributed by atoms with van der Waals surface area (Å²) in [6, 6.07) is 5.33. The molecule has 3 aromatic rings. The third-order valence-corrected chi connectivity index (χ3v) is 8.52. The molecule has 222 valence electrons. The minimum absolute atomic E-state index is 0.0247. The average Bonchev–Trinajstić information content (AvgIpc) is 3.61. The van der Waals surface area contributed by atoms with Crippen LogP contribution < -0.4 is 10.1 Å². The highest BCUT2D eigenvalue weighted by Gasteiger charge is 2.53. The molecule has 41 heavy (non-hydrogen) atoms. The van der Waals surface area contributed by atoms with Crippen LogP contribution >= 0.6 is 11.6 Å². The summed E-state index contributed by atoms with van der Waals surface area (Å²) < 4.78 is 60.6. The molecule has 0 aliphatic heterocycles. The molecule has 14 heteroatoms. The molecule has 2 saturated carbocycles. The lowest BCUT2D eigenvalue weighted by Gasteiger charge is -2.25. The number of imidazole rings is 1. The maximum absolute atomic E-state index is 13.5. The number of ether oxygens (including phenoxy) is 1. The molecule has 2 fully saturated rings. The van der Waals surface area contributed by atoms with Gasteiger partial charge in [-0.1, -0.05) is 11.6 Å². The van der Waals surface area contributed by atoms with Crippen LogP contribution in [0.25, 0.3) is 0 Å². The Labute approximate surface area is 238 Å². The number of nitrogens with one attached hydrogen (secondary N) is 1. The van der Waals surface area contributed by atoms with Crippen molar-refractivity contribution < 1.29 is 37.3 Å². The molecule has 0 saturated heterocycles. The molecule has 3 N–H and O–H groups in total. The van der Waals surface area contributed by atoms with Gasteiger partial charge in [0.15, 0.2) is 5.60 Å². The topological polar surface area (TPSA) is 114 Å². The van der Waals surface area contributed by atoms with Crippen molar-refractivity contribution in [2.45, 2.75) is 55.9 Å². The van der Waals surface area contributed by atoms with Gasteiger partial charge in [0.25, 0.3) is 5.91 Å². The van der Waals surface area contributed by atoms with Crippen molar-refractivity contribution in [3.8, 4) is 5.88 Å². The van der Waals surface area contributed by atoms with Crippen LogP contribution in [0, 0.1) is 17.7 Å². The SMILES string of the molecule is Cn1cnc(C2CC3CC(O)(c4cc(OCC(C)(O)C(F)(F)F)nn4C)CC3C2)c1C(=O)Nc1ccc(F)c(Cl)c1. The third-order valence-electron chi connectivity index (χ3n) is 8.23. The summed E-state index contributed by atoms with van der Waals surface area (Å²) in [5.74, 6) is -0.908. The van der Waals surface area contributed by atoms with Crippen LogP contribution in [-0.4, -0.2) is 53.8 Å². The molecule has 3 atom stereocenters. The number of alkyl halides is 3. The Balaban J connectivity index is 1.26. The van der Waals surface area contributed by atoms with E-state index in [2.05, 4.69) is 15.4 Å². The second-order valence-corrected chi connectivity index (χ2v) is 11.8. The van der Waals surface area contributed by atoms with Crippen molar-refractivity contribution in [2.24, 2.45) is 25.9 Å². The van der Waals surface area contributed by atoms with E-state index in [0.717, 1.165) is 0 Å². The summed E-state index contributed by atoms with van der Waals surface area (Å²) in [5, 5.41) is 27.9. The van der Waals surface area contributed by atoms with Gasteiger partial charge < -0.3 is 24.8 Å². The van der Waals surface area contributed by atoms with E-state index in [-0.39, 0.29) is 28.7 Å². The smallest absolute Gasteiger partial charge is 0.420 e. The molecule has 0 bridgehead atoms. The van der Waals surface area contributed by atoms with Gasteiger partial charge in [0.1, 0.15) is 23.7 Å². The molecule has 2 aromatic heterocycles. The fraction of sp³-hybridized carbons (Fsp3) is 0.519. The van der Waals surface area contributed by atoms with Gasteiger partial charge in [-0.25, -0.2) is 9.37 Å². The first kappa shape index (κ1) is 29.3. The van der Waals surface area contributed by atoms with Gasteiger partial charge in [0, 0.05) is 31.8 Å². The zero-order valence-electron chi connectivity index (χ0n) is 22.5. The van der Waals surface area contributed by atoms with Crippen molar-refractivity contribution in [2.75, 3.05) is 11.9 Å². The standard InChI is InChI=1S/C27H30ClF4N5O4/c1-25(39,27(30,31)32)12-41-21-9-20(37(3)35-21)26(40)10-15-6-14(7-16(15)11-26)22-23(36(2)13-33-22)24(38)34-17-4-5-19(29)18(28)8-17/h4-5,8-9,13-16,39-40H,6-7,10-12H2,1-3H3,(H,34,38). The molecule has 2 aliphatic rings. The quantitative estimate of drug-likeness (QED) is 0.340. The van der Waals surface area contributed by atoms with Crippen molar-refractivity contribution in [1.29, 1.82) is 0 Å². The van der Waals surface area contributed by atoms with Gasteiger partial charge in [-0.2, -0.15) is 13.2 Å². The number of carbonyl (C=O) groups is 1. The number of hydrogen-bond donors (Lipinski definition) is 3. The van der Waals surface area contributed by atoms with Crippen LogP contribution in [0.5, 0.6) is 5.88 Å². The van der Waals surface area contributed by atoms with Crippen LogP contribution in [0.15, 0.2) is 30.6 Å². The second-order valence-electron chi connectivity index (χ2n) is 11.4. The van der Waals surface area contributed by atoms with Gasteiger partial charge in [-0.05, 0) is 62.6 Å². The first-order valence-corrected chi connectivity index (χ1v) is 13.4. The van der Waals surface area contributed by atoms with E-state index in [1.807, 2.05) is 0 Å². The highest BCUT2D eigenvalue weighted by molar-refractivity contribution is 6.31. The van der Waals surface area contributed by atoms with E-state index in [9.17, 15) is 32.6 Å². The van der Waals surface area contributed by atoms with Gasteiger partial charge in [0.2, 0.25) is 5.88 Å². The molecule has 2 heterocycles. The molecule has 3 unspecified atom stereocenters. The number of halogens is 5. The van der Waals surface area contributed by atoms with Crippen LogP contribution in [0.2, 0.25) is 5.02 Å². The van der Waals surface area contributed by atoms with Crippen LogP contribution in [0.3, 0.4) is 0 Å². The predicted octanol–water partition coefficient (Wildman–Crippen LogP) is 4.68. The van der Waals surface area contributed by atoms with E-state index in [1.165, 1.54) is 28.9 Å². The molecular formula is C27H30ClF4N5O4. The summed E-state index contributed by atoms with van der Waals surface area (Å²) in [6.45, 7) is -0.416. The maximum atomic E-state index is 13.5. The minimum Gasteiger partial charge on any atom is -0.473 e. The Kier molecular flexibility index (Phi) is 7.36. The zero-order chi connectivity index (χ0) is 29.9. The van der Waals surface area contributed by atoms with Gasteiger partial charge in [-0.15, -0.1) is 5.10 Å². The third kappa shape index (κ3) is 5.54. The van der Waals surface area contributed by atoms with Crippen LogP contribution in [0.1, 0.15) is 60.4 Å². The molecule has 9 nitrogen and oxygen atoms in total. The minimum atomic E-state index is -4.87. The number of rotatable bonds is 7. The van der Waals surface area contributed by atoms with Crippen molar-refractivity contribution >= 4 is 23.2 Å². The maximum Gasteiger partial charge on any atom is 0.420 e. The van der Waals surface area contributed by atoms with E-state index in [1.54, 1.807) is 25.0 Å². The largest absolute Gasteiger partial charge is 0.473 e. The lowest BCUT2D eigenvalue weighted by molar-refractivity contribution is -0.260. The number of benzene rings is 1. The fourth-order valence-corrected chi connectivity index (χ4v) is 6.31. The second kappa shape index (κ2) is 10.3. The number of amides is 1. The average molecular weight is 600 g/mol. The predicted molar refractivity (Wildman–Crippen MR) is 140 cm³/mol. The Morgan fingerprint density at radius 1 is 1.22 bits per heavy atom. The highest BCUT2D eigenvalue weighted by Crippen LogP contribution is 2.57. The molecule has 1 aromatic carbocycles. The summed E-state index contributed by atoms with van der Waals surface area (Å²) in [7, 11) is 3.29. The van der Waals surface area contributed by atoms with Gasteiger partial charge >= 0.3 is 6.18 Å². The molecule has 0 radical (unpaired) electrons. The Morgan fingerprint density at radius 3 is 2.49 bits per heavy atom. The Hall–Kier alpha value is -3.16. The number of fused-ring (bicyclic) bond motifs is 1. The van der Waals surface area contributed by atoms with Crippen LogP contribution in [0.4, 0.5) is 23.2 Å². The summed E-state index contributed by atoms with van der Waals surface area (Å²) in [4.78, 5) is 17.7. The number of nitrogens with zero attached hydrogens (tertiary/aromatic N) is 4. The Morgan fingerprint density at radius 2 is 1.88 bits per heavy atom. The van der Waals surface area contributed by atoms with E-state index in [4.69, 9.17) is 16.3 Å². The lowest BCUT2D eigenvalue weighted by atomic mass is 9.90. The molecule has 1 amide bonds. The van der Waals surface area contributed by atoms with E-state index in [0.29, 0.717) is 55.4 Å². The van der Waals surface area contributed by atoms with Crippen molar-refractivity contribution in [3.05, 3.63) is 58.5 Å². The molecule has 2 aliphatic carbocycles. The van der Waals surface area contributed by atoms with Crippen molar-refractivity contribution in [1.82, 2.24) is 19.3 Å². The number of aryl methyl sites for hydroxylation is 2.